The van der Waals surface area contributed by atoms with Crippen LogP contribution in [0.5, 0.6) is 0 Å². The third-order valence-corrected chi connectivity index (χ3v) is 3.94. The third-order valence-electron chi connectivity index (χ3n) is 3.94. The van der Waals surface area contributed by atoms with Crippen molar-refractivity contribution in [1.29, 1.82) is 0 Å². The number of amides is 2. The quantitative estimate of drug-likeness (QED) is 0.555. The number of imide groups is 1. The Kier molecular flexibility index (Phi) is 7.98. The smallest absolute Gasteiger partial charge is 0.333 e. The zero-order chi connectivity index (χ0) is 19.1. The number of nitrogens with two attached hydrogens (primary N) is 1. The summed E-state index contributed by atoms with van der Waals surface area (Å²) in [5.41, 5.74) is 4.56. The van der Waals surface area contributed by atoms with E-state index in [-0.39, 0.29) is 24.9 Å². The molecule has 0 radical (unpaired) electrons. The Morgan fingerprint density at radius 2 is 1.52 bits per heavy atom. The van der Waals surface area contributed by atoms with Gasteiger partial charge in [-0.15, -0.1) is 5.06 Å². The minimum absolute atomic E-state index is 0.0527. The highest BCUT2D eigenvalue weighted by molar-refractivity contribution is 6.01. The first-order valence-electron chi connectivity index (χ1n) is 8.61. The summed E-state index contributed by atoms with van der Waals surface area (Å²) in [5.74, 6) is -1.57. The summed E-state index contributed by atoms with van der Waals surface area (Å²) in [5, 5.41) is 0.563. The summed E-state index contributed by atoms with van der Waals surface area (Å²) in [6, 6.07) is 0. The van der Waals surface area contributed by atoms with Gasteiger partial charge in [-0.3, -0.25) is 9.59 Å². The Morgan fingerprint density at radius 1 is 1.00 bits per heavy atom. The standard InChI is InChI=1S/C17H30N2O6/c1-16(2,23-11-9-17(3,4)24-12-10-18)8-7-15(22)25-19-13(20)5-6-14(19)21/h5-12,18H2,1-4H3. The van der Waals surface area contributed by atoms with Gasteiger partial charge in [-0.05, 0) is 40.5 Å². The van der Waals surface area contributed by atoms with Crippen LogP contribution in [0.4, 0.5) is 0 Å². The molecule has 0 aromatic rings. The summed E-state index contributed by atoms with van der Waals surface area (Å²) in [6.45, 7) is 9.14. The van der Waals surface area contributed by atoms with Gasteiger partial charge in [-0.1, -0.05) is 0 Å². The number of rotatable bonds is 11. The highest BCUT2D eigenvalue weighted by Crippen LogP contribution is 2.21. The number of hydrogen-bond acceptors (Lipinski definition) is 7. The molecule has 0 spiro atoms. The number of hydrogen-bond donors (Lipinski definition) is 1. The molecule has 0 bridgehead atoms. The van der Waals surface area contributed by atoms with Gasteiger partial charge in [0.2, 0.25) is 0 Å². The topological polar surface area (TPSA) is 108 Å². The Bertz CT molecular complexity index is 474. The Morgan fingerprint density at radius 3 is 2.08 bits per heavy atom. The van der Waals surface area contributed by atoms with Crippen molar-refractivity contribution in [3.63, 3.8) is 0 Å². The molecule has 0 aromatic carbocycles. The lowest BCUT2D eigenvalue weighted by Crippen LogP contribution is -2.34. The largest absolute Gasteiger partial charge is 0.375 e. The molecule has 2 amide bonds. The van der Waals surface area contributed by atoms with Gasteiger partial charge >= 0.3 is 5.97 Å². The van der Waals surface area contributed by atoms with Gasteiger partial charge in [0.1, 0.15) is 0 Å². The normalized spacial score (nSPS) is 15.8. The molecule has 144 valence electrons. The zero-order valence-corrected chi connectivity index (χ0v) is 15.6. The molecule has 1 aliphatic heterocycles. The first-order valence-corrected chi connectivity index (χ1v) is 8.61. The molecule has 0 atom stereocenters. The molecule has 2 N–H and O–H groups in total. The van der Waals surface area contributed by atoms with Crippen molar-refractivity contribution in [2.75, 3.05) is 19.8 Å². The zero-order valence-electron chi connectivity index (χ0n) is 15.6. The van der Waals surface area contributed by atoms with E-state index in [1.807, 2.05) is 27.7 Å². The molecular formula is C17H30N2O6. The SMILES string of the molecule is CC(C)(CCOC(C)(C)CCC(=O)ON1C(=O)CCC1=O)OCCN. The van der Waals surface area contributed by atoms with Gasteiger partial charge in [0.05, 0.1) is 30.8 Å². The molecule has 0 unspecified atom stereocenters. The molecule has 1 rings (SSSR count). The molecule has 1 fully saturated rings. The van der Waals surface area contributed by atoms with Crippen LogP contribution in [0.25, 0.3) is 0 Å². The fraction of sp³-hybridized carbons (Fsp3) is 0.824. The fourth-order valence-corrected chi connectivity index (χ4v) is 2.26. The number of carbonyl (C=O) groups excluding carboxylic acids is 3. The monoisotopic (exact) mass is 358 g/mol. The van der Waals surface area contributed by atoms with E-state index in [2.05, 4.69) is 0 Å². The fourth-order valence-electron chi connectivity index (χ4n) is 2.26. The Balaban J connectivity index is 2.31. The van der Waals surface area contributed by atoms with Crippen LogP contribution in [0.2, 0.25) is 0 Å². The first-order chi connectivity index (χ1) is 11.6. The van der Waals surface area contributed by atoms with Crippen LogP contribution < -0.4 is 5.73 Å². The van der Waals surface area contributed by atoms with Crippen LogP contribution in [0.15, 0.2) is 0 Å². The minimum atomic E-state index is -0.619. The average molecular weight is 358 g/mol. The van der Waals surface area contributed by atoms with E-state index in [0.717, 1.165) is 0 Å². The van der Waals surface area contributed by atoms with E-state index in [9.17, 15) is 14.4 Å². The van der Waals surface area contributed by atoms with Gasteiger partial charge in [0.25, 0.3) is 11.8 Å². The van der Waals surface area contributed by atoms with E-state index in [4.69, 9.17) is 20.0 Å². The maximum absolute atomic E-state index is 11.8. The number of hydroxylamine groups is 2. The molecule has 1 heterocycles. The summed E-state index contributed by atoms with van der Waals surface area (Å²) < 4.78 is 11.5. The van der Waals surface area contributed by atoms with Gasteiger partial charge in [-0.25, -0.2) is 4.79 Å². The van der Waals surface area contributed by atoms with Gasteiger partial charge < -0.3 is 20.0 Å². The predicted molar refractivity (Wildman–Crippen MR) is 90.1 cm³/mol. The molecule has 8 nitrogen and oxygen atoms in total. The van der Waals surface area contributed by atoms with Crippen LogP contribution in [-0.4, -0.2) is 53.8 Å². The second-order valence-corrected chi connectivity index (χ2v) is 7.30. The van der Waals surface area contributed by atoms with E-state index in [0.29, 0.717) is 37.7 Å². The Labute approximate surface area is 148 Å². The lowest BCUT2D eigenvalue weighted by atomic mass is 10.0. The maximum Gasteiger partial charge on any atom is 0.333 e. The van der Waals surface area contributed by atoms with Crippen molar-refractivity contribution < 1.29 is 28.7 Å². The van der Waals surface area contributed by atoms with Crippen molar-refractivity contribution >= 4 is 17.8 Å². The van der Waals surface area contributed by atoms with Crippen molar-refractivity contribution in [2.45, 2.75) is 71.0 Å². The predicted octanol–water partition coefficient (Wildman–Crippen LogP) is 1.31. The van der Waals surface area contributed by atoms with E-state index in [1.54, 1.807) is 0 Å². The minimum Gasteiger partial charge on any atom is -0.375 e. The number of ether oxygens (including phenoxy) is 2. The summed E-state index contributed by atoms with van der Waals surface area (Å²) in [7, 11) is 0. The summed E-state index contributed by atoms with van der Waals surface area (Å²) in [6.07, 6.45) is 1.33. The second-order valence-electron chi connectivity index (χ2n) is 7.30. The summed E-state index contributed by atoms with van der Waals surface area (Å²) in [4.78, 5) is 39.5. The van der Waals surface area contributed by atoms with Crippen LogP contribution >= 0.6 is 0 Å². The molecule has 0 aliphatic carbocycles. The van der Waals surface area contributed by atoms with E-state index >= 15 is 0 Å². The molecule has 1 aliphatic rings. The van der Waals surface area contributed by atoms with Gasteiger partial charge in [0, 0.05) is 19.4 Å². The van der Waals surface area contributed by atoms with Crippen LogP contribution in [0.1, 0.15) is 59.8 Å². The summed E-state index contributed by atoms with van der Waals surface area (Å²) >= 11 is 0. The highest BCUT2D eigenvalue weighted by atomic mass is 16.7. The molecule has 0 saturated carbocycles. The van der Waals surface area contributed by atoms with Crippen LogP contribution in [-0.2, 0) is 28.7 Å². The van der Waals surface area contributed by atoms with E-state index < -0.39 is 23.4 Å². The number of carbonyl (C=O) groups is 3. The van der Waals surface area contributed by atoms with Crippen LogP contribution in [0.3, 0.4) is 0 Å². The molecule has 8 heteroatoms. The third kappa shape index (κ3) is 7.94. The maximum atomic E-state index is 11.8. The van der Waals surface area contributed by atoms with Crippen molar-refractivity contribution in [3.8, 4) is 0 Å². The van der Waals surface area contributed by atoms with Crippen molar-refractivity contribution in [1.82, 2.24) is 5.06 Å². The highest BCUT2D eigenvalue weighted by Gasteiger charge is 2.33. The van der Waals surface area contributed by atoms with Gasteiger partial charge in [-0.2, -0.15) is 0 Å². The van der Waals surface area contributed by atoms with E-state index in [1.165, 1.54) is 0 Å². The van der Waals surface area contributed by atoms with Crippen molar-refractivity contribution in [2.24, 2.45) is 5.73 Å². The molecule has 1 saturated heterocycles. The second kappa shape index (κ2) is 9.26. The lowest BCUT2D eigenvalue weighted by molar-refractivity contribution is -0.198. The number of nitrogens with zero attached hydrogens (tertiary/aromatic N) is 1. The Hall–Kier alpha value is -1.51. The van der Waals surface area contributed by atoms with Crippen LogP contribution in [0, 0.1) is 0 Å². The van der Waals surface area contributed by atoms with Gasteiger partial charge in [0.15, 0.2) is 0 Å². The molecule has 0 aromatic heterocycles. The molecule has 25 heavy (non-hydrogen) atoms. The average Bonchev–Trinajstić information content (AvgIpc) is 2.83. The first kappa shape index (κ1) is 21.5. The lowest BCUT2D eigenvalue weighted by Gasteiger charge is -2.29. The molecular weight excluding hydrogens is 328 g/mol. The van der Waals surface area contributed by atoms with Crippen molar-refractivity contribution in [3.05, 3.63) is 0 Å².